The van der Waals surface area contributed by atoms with E-state index in [1.807, 2.05) is 31.2 Å². The van der Waals surface area contributed by atoms with Crippen LogP contribution in [-0.4, -0.2) is 16.6 Å². The number of aliphatic hydroxyl groups excluding tert-OH is 1. The van der Waals surface area contributed by atoms with Crippen molar-refractivity contribution < 1.29 is 10.0 Å². The van der Waals surface area contributed by atoms with Crippen molar-refractivity contribution in [3.63, 3.8) is 0 Å². The molecular weight excluding hydrogens is 336 g/mol. The zero-order chi connectivity index (χ0) is 15.4. The molecule has 5 nitrogen and oxygen atoms in total. The Hall–Kier alpha value is -1.92. The van der Waals surface area contributed by atoms with Gasteiger partial charge in [0.2, 0.25) is 0 Å². The van der Waals surface area contributed by atoms with Crippen LogP contribution in [0.15, 0.2) is 46.9 Å². The molecule has 0 aliphatic heterocycles. The summed E-state index contributed by atoms with van der Waals surface area (Å²) in [5.41, 5.74) is 2.61. The quantitative estimate of drug-likeness (QED) is 0.634. The summed E-state index contributed by atoms with van der Waals surface area (Å²) < 4.78 is 0.591. The third-order valence-corrected chi connectivity index (χ3v) is 3.85. The monoisotopic (exact) mass is 350 g/mol. The lowest BCUT2D eigenvalue weighted by Gasteiger charge is -2.16. The van der Waals surface area contributed by atoms with Gasteiger partial charge in [0.15, 0.2) is 0 Å². The summed E-state index contributed by atoms with van der Waals surface area (Å²) in [6.07, 6.45) is -0.645. The number of non-ortho nitro benzene ring substituents is 1. The zero-order valence-corrected chi connectivity index (χ0v) is 13.0. The minimum Gasteiger partial charge on any atom is -0.387 e. The molecule has 0 fully saturated rings. The molecule has 2 rings (SSSR count). The van der Waals surface area contributed by atoms with E-state index >= 15 is 0 Å². The van der Waals surface area contributed by atoms with Crippen LogP contribution in [0, 0.1) is 17.0 Å². The maximum Gasteiger partial charge on any atom is 0.270 e. The van der Waals surface area contributed by atoms with Gasteiger partial charge in [0.1, 0.15) is 0 Å². The Labute approximate surface area is 130 Å². The number of nitro benzene ring substituents is 1. The van der Waals surface area contributed by atoms with Gasteiger partial charge in [-0.15, -0.1) is 0 Å². The number of nitro groups is 1. The van der Waals surface area contributed by atoms with Crippen LogP contribution in [0.4, 0.5) is 11.4 Å². The first-order valence-electron chi connectivity index (χ1n) is 6.40. The number of nitrogens with zero attached hydrogens (tertiary/aromatic N) is 1. The van der Waals surface area contributed by atoms with E-state index in [1.54, 1.807) is 6.07 Å². The molecule has 2 aromatic rings. The second kappa shape index (κ2) is 6.69. The van der Waals surface area contributed by atoms with Crippen LogP contribution in [0.3, 0.4) is 0 Å². The molecular formula is C15H15BrN2O3. The molecule has 0 bridgehead atoms. The molecule has 6 heteroatoms. The Bertz CT molecular complexity index is 661. The predicted molar refractivity (Wildman–Crippen MR) is 85.4 cm³/mol. The molecule has 1 atom stereocenters. The molecule has 0 amide bonds. The van der Waals surface area contributed by atoms with Crippen molar-refractivity contribution in [3.05, 3.63) is 68.2 Å². The SMILES string of the molecule is Cc1ccccc1C(O)CNc1ccc([N+](=O)[O-])cc1Br. The highest BCUT2D eigenvalue weighted by atomic mass is 79.9. The topological polar surface area (TPSA) is 75.4 Å². The van der Waals surface area contributed by atoms with E-state index in [0.29, 0.717) is 16.7 Å². The number of hydrogen-bond acceptors (Lipinski definition) is 4. The average molecular weight is 351 g/mol. The summed E-state index contributed by atoms with van der Waals surface area (Å²) >= 11 is 3.29. The van der Waals surface area contributed by atoms with Crippen LogP contribution in [0.1, 0.15) is 17.2 Å². The molecule has 0 aliphatic carbocycles. The first-order chi connectivity index (χ1) is 9.99. The van der Waals surface area contributed by atoms with E-state index in [2.05, 4.69) is 21.2 Å². The van der Waals surface area contributed by atoms with Crippen LogP contribution < -0.4 is 5.32 Å². The van der Waals surface area contributed by atoms with Gasteiger partial charge in [-0.2, -0.15) is 0 Å². The second-order valence-corrected chi connectivity index (χ2v) is 5.53. The summed E-state index contributed by atoms with van der Waals surface area (Å²) in [6, 6.07) is 12.1. The molecule has 0 spiro atoms. The molecule has 0 saturated carbocycles. The number of hydrogen-bond donors (Lipinski definition) is 2. The van der Waals surface area contributed by atoms with Gasteiger partial charge in [0.25, 0.3) is 5.69 Å². The van der Waals surface area contributed by atoms with Gasteiger partial charge in [0.05, 0.1) is 11.0 Å². The van der Waals surface area contributed by atoms with Crippen LogP contribution in [0.2, 0.25) is 0 Å². The van der Waals surface area contributed by atoms with E-state index < -0.39 is 11.0 Å². The lowest BCUT2D eigenvalue weighted by Crippen LogP contribution is -2.13. The van der Waals surface area contributed by atoms with Crippen molar-refractivity contribution in [1.82, 2.24) is 0 Å². The van der Waals surface area contributed by atoms with Crippen LogP contribution in [0.25, 0.3) is 0 Å². The lowest BCUT2D eigenvalue weighted by molar-refractivity contribution is -0.384. The van der Waals surface area contributed by atoms with Crippen molar-refractivity contribution in [3.8, 4) is 0 Å². The maximum atomic E-state index is 10.7. The highest BCUT2D eigenvalue weighted by Crippen LogP contribution is 2.28. The van der Waals surface area contributed by atoms with Crippen LogP contribution in [0.5, 0.6) is 0 Å². The number of anilines is 1. The standard InChI is InChI=1S/C15H15BrN2O3/c1-10-4-2-3-5-12(10)15(19)9-17-14-7-6-11(18(20)21)8-13(14)16/h2-8,15,17,19H,9H2,1H3. The third-order valence-electron chi connectivity index (χ3n) is 3.20. The molecule has 110 valence electrons. The minimum absolute atomic E-state index is 0.0203. The molecule has 0 saturated heterocycles. The Morgan fingerprint density at radius 3 is 2.67 bits per heavy atom. The minimum atomic E-state index is -0.645. The van der Waals surface area contributed by atoms with Crippen molar-refractivity contribution in [2.75, 3.05) is 11.9 Å². The molecule has 0 aliphatic rings. The first-order valence-corrected chi connectivity index (χ1v) is 7.19. The molecule has 2 N–H and O–H groups in total. The van der Waals surface area contributed by atoms with Gasteiger partial charge in [-0.25, -0.2) is 0 Å². The summed E-state index contributed by atoms with van der Waals surface area (Å²) in [6.45, 7) is 2.27. The molecule has 21 heavy (non-hydrogen) atoms. The number of benzene rings is 2. The highest BCUT2D eigenvalue weighted by molar-refractivity contribution is 9.10. The van der Waals surface area contributed by atoms with E-state index in [1.165, 1.54) is 12.1 Å². The zero-order valence-electron chi connectivity index (χ0n) is 11.4. The summed E-state index contributed by atoms with van der Waals surface area (Å²) in [5, 5.41) is 24.0. The third kappa shape index (κ3) is 3.80. The molecule has 1 unspecified atom stereocenters. The molecule has 2 aromatic carbocycles. The van der Waals surface area contributed by atoms with Gasteiger partial charge in [0, 0.05) is 28.8 Å². The normalized spacial score (nSPS) is 12.0. The molecule has 0 heterocycles. The Balaban J connectivity index is 2.06. The predicted octanol–water partition coefficient (Wildman–Crippen LogP) is 3.81. The Morgan fingerprint density at radius 2 is 2.05 bits per heavy atom. The largest absolute Gasteiger partial charge is 0.387 e. The highest BCUT2D eigenvalue weighted by Gasteiger charge is 2.12. The second-order valence-electron chi connectivity index (χ2n) is 4.67. The van der Waals surface area contributed by atoms with Crippen LogP contribution >= 0.6 is 15.9 Å². The smallest absolute Gasteiger partial charge is 0.270 e. The number of halogens is 1. The Morgan fingerprint density at radius 1 is 1.33 bits per heavy atom. The fourth-order valence-corrected chi connectivity index (χ4v) is 2.55. The van der Waals surface area contributed by atoms with E-state index in [9.17, 15) is 15.2 Å². The van der Waals surface area contributed by atoms with Crippen molar-refractivity contribution in [1.29, 1.82) is 0 Å². The molecule has 0 radical (unpaired) electrons. The maximum absolute atomic E-state index is 10.7. The van der Waals surface area contributed by atoms with E-state index in [4.69, 9.17) is 0 Å². The first kappa shape index (κ1) is 15.5. The number of rotatable bonds is 5. The summed E-state index contributed by atoms with van der Waals surface area (Å²) in [4.78, 5) is 10.2. The van der Waals surface area contributed by atoms with Gasteiger partial charge in [-0.1, -0.05) is 24.3 Å². The molecule has 0 aromatic heterocycles. The van der Waals surface area contributed by atoms with E-state index in [0.717, 1.165) is 11.1 Å². The summed E-state index contributed by atoms with van der Waals surface area (Å²) in [7, 11) is 0. The number of aryl methyl sites for hydroxylation is 1. The summed E-state index contributed by atoms with van der Waals surface area (Å²) in [5.74, 6) is 0. The van der Waals surface area contributed by atoms with Gasteiger partial charge in [-0.05, 0) is 40.0 Å². The lowest BCUT2D eigenvalue weighted by atomic mass is 10.0. The fourth-order valence-electron chi connectivity index (χ4n) is 2.04. The van der Waals surface area contributed by atoms with Crippen LogP contribution in [-0.2, 0) is 0 Å². The van der Waals surface area contributed by atoms with Crippen molar-refractivity contribution in [2.24, 2.45) is 0 Å². The van der Waals surface area contributed by atoms with Gasteiger partial charge < -0.3 is 10.4 Å². The van der Waals surface area contributed by atoms with Gasteiger partial charge >= 0.3 is 0 Å². The van der Waals surface area contributed by atoms with E-state index in [-0.39, 0.29) is 5.69 Å². The Kier molecular flexibility index (Phi) is 4.93. The van der Waals surface area contributed by atoms with Gasteiger partial charge in [-0.3, -0.25) is 10.1 Å². The average Bonchev–Trinajstić information content (AvgIpc) is 2.46. The van der Waals surface area contributed by atoms with Crippen molar-refractivity contribution >= 4 is 27.3 Å². The fraction of sp³-hybridized carbons (Fsp3) is 0.200. The number of nitrogens with one attached hydrogen (secondary N) is 1. The van der Waals surface area contributed by atoms with Crippen molar-refractivity contribution in [2.45, 2.75) is 13.0 Å². The number of aliphatic hydroxyl groups is 1.